The number of hydrogen-bond acceptors (Lipinski definition) is 4. The first-order valence-electron chi connectivity index (χ1n) is 7.55. The molecule has 0 atom stereocenters. The van der Waals surface area contributed by atoms with Gasteiger partial charge in [0.2, 0.25) is 0 Å². The summed E-state index contributed by atoms with van der Waals surface area (Å²) in [4.78, 5) is 25.0. The number of nitrogens with zero attached hydrogens (tertiary/aromatic N) is 1. The van der Waals surface area contributed by atoms with Gasteiger partial charge in [0.1, 0.15) is 0 Å². The van der Waals surface area contributed by atoms with Gasteiger partial charge in [0.25, 0.3) is 11.8 Å². The number of carbonyl (C=O) groups is 2. The molecule has 0 saturated heterocycles. The number of carbonyl (C=O) groups excluding carboxylic acids is 2. The molecular formula is C17H15ClN4O2S. The second-order valence-electron chi connectivity index (χ2n) is 5.16. The van der Waals surface area contributed by atoms with Crippen LogP contribution in [0.15, 0.2) is 47.8 Å². The normalized spacial score (nSPS) is 10.4. The molecule has 128 valence electrons. The van der Waals surface area contributed by atoms with Gasteiger partial charge in [-0.1, -0.05) is 17.7 Å². The van der Waals surface area contributed by atoms with E-state index >= 15 is 0 Å². The van der Waals surface area contributed by atoms with Crippen LogP contribution in [0, 0.1) is 0 Å². The van der Waals surface area contributed by atoms with Gasteiger partial charge in [0.05, 0.1) is 10.6 Å². The molecule has 3 rings (SSSR count). The van der Waals surface area contributed by atoms with Gasteiger partial charge in [0.15, 0.2) is 5.69 Å². The number of H-pyrrole nitrogens is 1. The Morgan fingerprint density at radius 1 is 1.08 bits per heavy atom. The topological polar surface area (TPSA) is 86.9 Å². The van der Waals surface area contributed by atoms with E-state index in [2.05, 4.69) is 20.8 Å². The Kier molecular flexibility index (Phi) is 5.47. The molecule has 0 spiro atoms. The zero-order valence-electron chi connectivity index (χ0n) is 13.1. The maximum atomic E-state index is 12.1. The second-order valence-corrected chi connectivity index (χ2v) is 6.55. The molecule has 6 nitrogen and oxygen atoms in total. The van der Waals surface area contributed by atoms with Gasteiger partial charge in [0, 0.05) is 23.7 Å². The van der Waals surface area contributed by atoms with E-state index in [4.69, 9.17) is 11.6 Å². The lowest BCUT2D eigenvalue weighted by atomic mass is 10.2. The highest BCUT2D eigenvalue weighted by Crippen LogP contribution is 2.22. The highest BCUT2D eigenvalue weighted by Gasteiger charge is 2.11. The van der Waals surface area contributed by atoms with E-state index < -0.39 is 0 Å². The summed E-state index contributed by atoms with van der Waals surface area (Å²) in [5, 5.41) is 14.8. The summed E-state index contributed by atoms with van der Waals surface area (Å²) >= 11 is 7.35. The fraction of sp³-hybridized carbons (Fsp3) is 0.118. The number of aromatic amines is 1. The average Bonchev–Trinajstić information content (AvgIpc) is 3.29. The van der Waals surface area contributed by atoms with Crippen LogP contribution < -0.4 is 10.6 Å². The number of amides is 2. The largest absolute Gasteiger partial charge is 0.350 e. The second kappa shape index (κ2) is 7.96. The predicted molar refractivity (Wildman–Crippen MR) is 98.0 cm³/mol. The van der Waals surface area contributed by atoms with Gasteiger partial charge in [-0.2, -0.15) is 5.10 Å². The summed E-state index contributed by atoms with van der Waals surface area (Å²) in [6, 6.07) is 12.2. The van der Waals surface area contributed by atoms with Crippen molar-refractivity contribution < 1.29 is 9.59 Å². The van der Waals surface area contributed by atoms with E-state index in [1.54, 1.807) is 41.7 Å². The van der Waals surface area contributed by atoms with Crippen molar-refractivity contribution in [1.29, 1.82) is 0 Å². The zero-order valence-corrected chi connectivity index (χ0v) is 14.7. The maximum absolute atomic E-state index is 12.1. The van der Waals surface area contributed by atoms with Crippen LogP contribution in [0.3, 0.4) is 0 Å². The number of halogens is 1. The zero-order chi connectivity index (χ0) is 17.6. The lowest BCUT2D eigenvalue weighted by molar-refractivity contribution is 0.0925. The van der Waals surface area contributed by atoms with Crippen LogP contribution in [0.2, 0.25) is 5.02 Å². The molecule has 8 heteroatoms. The monoisotopic (exact) mass is 374 g/mol. The van der Waals surface area contributed by atoms with Gasteiger partial charge in [-0.25, -0.2) is 0 Å². The van der Waals surface area contributed by atoms with Crippen LogP contribution >= 0.6 is 22.9 Å². The Bertz CT molecular complexity index is 859. The minimum atomic E-state index is -0.292. The molecule has 1 aromatic carbocycles. The third-order valence-corrected chi connectivity index (χ3v) is 4.55. The Labute approximate surface area is 153 Å². The van der Waals surface area contributed by atoms with Crippen LogP contribution in [-0.4, -0.2) is 35.1 Å². The first-order chi connectivity index (χ1) is 12.1. The summed E-state index contributed by atoms with van der Waals surface area (Å²) in [7, 11) is 0. The Hall–Kier alpha value is -2.64. The lowest BCUT2D eigenvalue weighted by Gasteiger charge is -2.06. The van der Waals surface area contributed by atoms with Crippen molar-refractivity contribution in [2.75, 3.05) is 13.1 Å². The van der Waals surface area contributed by atoms with Crippen molar-refractivity contribution in [2.24, 2.45) is 0 Å². The summed E-state index contributed by atoms with van der Waals surface area (Å²) in [6.07, 6.45) is 0. The molecule has 0 fully saturated rings. The molecule has 2 aromatic heterocycles. The molecule has 0 saturated carbocycles. The first kappa shape index (κ1) is 17.2. The Morgan fingerprint density at radius 2 is 1.80 bits per heavy atom. The molecule has 0 aliphatic rings. The molecule has 3 N–H and O–H groups in total. The molecular weight excluding hydrogens is 360 g/mol. The molecule has 3 aromatic rings. The van der Waals surface area contributed by atoms with Crippen LogP contribution in [0.4, 0.5) is 0 Å². The van der Waals surface area contributed by atoms with Crippen LogP contribution in [0.1, 0.15) is 20.8 Å². The Morgan fingerprint density at radius 3 is 2.48 bits per heavy atom. The molecule has 0 aliphatic heterocycles. The van der Waals surface area contributed by atoms with E-state index in [0.29, 0.717) is 29.4 Å². The summed E-state index contributed by atoms with van der Waals surface area (Å²) in [6.45, 7) is 0.620. The van der Waals surface area contributed by atoms with Gasteiger partial charge >= 0.3 is 0 Å². The first-order valence-corrected chi connectivity index (χ1v) is 8.80. The average molecular weight is 375 g/mol. The fourth-order valence-corrected chi connectivity index (χ4v) is 2.96. The van der Waals surface area contributed by atoms with E-state index in [9.17, 15) is 9.59 Å². The molecule has 0 unspecified atom stereocenters. The minimum absolute atomic E-state index is 0.217. The number of hydrogen-bond donors (Lipinski definition) is 3. The molecule has 2 heterocycles. The number of benzene rings is 1. The fourth-order valence-electron chi connectivity index (χ4n) is 2.14. The third kappa shape index (κ3) is 4.46. The summed E-state index contributed by atoms with van der Waals surface area (Å²) in [5.41, 5.74) is 1.63. The van der Waals surface area contributed by atoms with Crippen LogP contribution in [0.5, 0.6) is 0 Å². The van der Waals surface area contributed by atoms with Crippen LogP contribution in [-0.2, 0) is 0 Å². The lowest BCUT2D eigenvalue weighted by Crippen LogP contribution is -2.34. The molecule has 2 amide bonds. The van der Waals surface area contributed by atoms with Crippen molar-refractivity contribution in [3.8, 4) is 10.6 Å². The highest BCUT2D eigenvalue weighted by atomic mass is 35.5. The number of rotatable bonds is 6. The molecule has 0 radical (unpaired) electrons. The molecule has 0 bridgehead atoms. The van der Waals surface area contributed by atoms with Gasteiger partial charge < -0.3 is 10.6 Å². The highest BCUT2D eigenvalue weighted by molar-refractivity contribution is 7.13. The smallest absolute Gasteiger partial charge is 0.271 e. The Balaban J connectivity index is 1.45. The van der Waals surface area contributed by atoms with Crippen molar-refractivity contribution in [2.45, 2.75) is 0 Å². The summed E-state index contributed by atoms with van der Waals surface area (Å²) in [5.74, 6) is -0.509. The number of nitrogens with one attached hydrogen (secondary N) is 3. The van der Waals surface area contributed by atoms with Crippen molar-refractivity contribution >= 4 is 34.8 Å². The molecule has 0 aliphatic carbocycles. The van der Waals surface area contributed by atoms with Crippen molar-refractivity contribution in [1.82, 2.24) is 20.8 Å². The maximum Gasteiger partial charge on any atom is 0.271 e. The van der Waals surface area contributed by atoms with Crippen LogP contribution in [0.25, 0.3) is 10.6 Å². The van der Waals surface area contributed by atoms with E-state index in [1.165, 1.54) is 0 Å². The summed E-state index contributed by atoms with van der Waals surface area (Å²) < 4.78 is 0. The van der Waals surface area contributed by atoms with Gasteiger partial charge in [-0.3, -0.25) is 14.7 Å². The number of aromatic nitrogens is 2. The van der Waals surface area contributed by atoms with E-state index in [1.807, 2.05) is 17.5 Å². The third-order valence-electron chi connectivity index (χ3n) is 3.40. The van der Waals surface area contributed by atoms with Gasteiger partial charge in [-0.05, 0) is 41.8 Å². The predicted octanol–water partition coefficient (Wildman–Crippen LogP) is 2.95. The van der Waals surface area contributed by atoms with Gasteiger partial charge in [-0.15, -0.1) is 11.3 Å². The van der Waals surface area contributed by atoms with E-state index in [0.717, 1.165) is 10.6 Å². The quantitative estimate of drug-likeness (QED) is 0.580. The SMILES string of the molecule is O=C(NCCNC(=O)c1cc(-c2cccs2)[nH]n1)c1ccc(Cl)cc1. The number of thiophene rings is 1. The standard InChI is InChI=1S/C17H15ClN4O2S/c18-12-5-3-11(4-6-12)16(23)19-7-8-20-17(24)14-10-13(21-22-14)15-2-1-9-25-15/h1-6,9-10H,7-8H2,(H,19,23)(H,20,24)(H,21,22). The van der Waals surface area contributed by atoms with Crippen molar-refractivity contribution in [3.63, 3.8) is 0 Å². The minimum Gasteiger partial charge on any atom is -0.350 e. The van der Waals surface area contributed by atoms with E-state index in [-0.39, 0.29) is 11.8 Å². The van der Waals surface area contributed by atoms with Crippen molar-refractivity contribution in [3.05, 3.63) is 64.1 Å². The molecule has 25 heavy (non-hydrogen) atoms.